The van der Waals surface area contributed by atoms with Gasteiger partial charge in [0.25, 0.3) is 5.89 Å². The molecule has 6 nitrogen and oxygen atoms in total. The summed E-state index contributed by atoms with van der Waals surface area (Å²) in [6, 6.07) is 16.2. The summed E-state index contributed by atoms with van der Waals surface area (Å²) in [4.78, 5) is 19.4. The second-order valence-corrected chi connectivity index (χ2v) is 8.21. The van der Waals surface area contributed by atoms with Gasteiger partial charge in [-0.05, 0) is 70.7 Å². The molecule has 0 bridgehead atoms. The number of anilines is 1. The highest BCUT2D eigenvalue weighted by molar-refractivity contribution is 9.10. The molecule has 0 N–H and O–H groups in total. The smallest absolute Gasteiger partial charge is 0.274 e. The molecule has 8 heteroatoms. The van der Waals surface area contributed by atoms with Crippen LogP contribution in [0.1, 0.15) is 12.0 Å². The lowest BCUT2D eigenvalue weighted by Crippen LogP contribution is -2.37. The molecule has 0 saturated heterocycles. The molecule has 1 amide bonds. The van der Waals surface area contributed by atoms with Gasteiger partial charge in [0.2, 0.25) is 11.7 Å². The van der Waals surface area contributed by atoms with Crippen LogP contribution in [0.2, 0.25) is 0 Å². The molecular weight excluding hydrogens is 463 g/mol. The minimum Gasteiger partial charge on any atom is -0.334 e. The molecule has 0 spiro atoms. The van der Waals surface area contributed by atoms with Crippen LogP contribution in [0, 0.1) is 5.82 Å². The maximum Gasteiger partial charge on any atom is 0.274 e. The van der Waals surface area contributed by atoms with E-state index in [-0.39, 0.29) is 18.3 Å². The third kappa shape index (κ3) is 3.79. The predicted molar refractivity (Wildman–Crippen MR) is 118 cm³/mol. The highest BCUT2D eigenvalue weighted by Gasteiger charge is 2.23. The van der Waals surface area contributed by atoms with E-state index in [0.29, 0.717) is 34.0 Å². The highest BCUT2D eigenvalue weighted by atomic mass is 79.9. The van der Waals surface area contributed by atoms with Crippen molar-refractivity contribution < 1.29 is 13.7 Å². The van der Waals surface area contributed by atoms with Crippen molar-refractivity contribution in [3.05, 3.63) is 76.6 Å². The molecule has 31 heavy (non-hydrogen) atoms. The minimum atomic E-state index is -0.362. The van der Waals surface area contributed by atoms with E-state index in [1.165, 1.54) is 11.6 Å². The topological polar surface area (TPSA) is 64.2 Å². The Morgan fingerprint density at radius 2 is 2.03 bits per heavy atom. The monoisotopic (exact) mass is 480 g/mol. The Labute approximate surface area is 186 Å². The van der Waals surface area contributed by atoms with Gasteiger partial charge in [-0.3, -0.25) is 4.79 Å². The van der Waals surface area contributed by atoms with E-state index in [4.69, 9.17) is 4.52 Å². The fourth-order valence-electron chi connectivity index (χ4n) is 3.85. The van der Waals surface area contributed by atoms with E-state index >= 15 is 0 Å². The van der Waals surface area contributed by atoms with E-state index in [1.54, 1.807) is 16.7 Å². The fraction of sp³-hybridized carbons (Fsp3) is 0.174. The molecule has 0 aliphatic carbocycles. The van der Waals surface area contributed by atoms with Crippen molar-refractivity contribution in [1.82, 2.24) is 14.7 Å². The Morgan fingerprint density at radius 1 is 1.16 bits per heavy atom. The standard InChI is InChI=1S/C23H18BrFN4O2/c24-17-13-16(9-10-18(17)25)22-26-23(31-27-22)20-8-4-11-28(20)14-21(30)29-12-3-6-15-5-1-2-7-19(15)29/h1-2,4-5,7-11,13H,3,6,12,14H2. The first kappa shape index (κ1) is 19.7. The zero-order valence-electron chi connectivity index (χ0n) is 16.5. The molecule has 1 aliphatic rings. The number of carbonyl (C=O) groups is 1. The van der Waals surface area contributed by atoms with Crippen LogP contribution in [0.5, 0.6) is 0 Å². The molecule has 4 aromatic rings. The summed E-state index contributed by atoms with van der Waals surface area (Å²) in [7, 11) is 0. The van der Waals surface area contributed by atoms with Gasteiger partial charge in [-0.15, -0.1) is 0 Å². The highest BCUT2D eigenvalue weighted by Crippen LogP contribution is 2.29. The number of amides is 1. The van der Waals surface area contributed by atoms with Gasteiger partial charge in [0, 0.05) is 24.0 Å². The second kappa shape index (κ2) is 8.11. The first-order valence-electron chi connectivity index (χ1n) is 9.93. The van der Waals surface area contributed by atoms with Crippen LogP contribution < -0.4 is 4.90 Å². The molecule has 2 aromatic heterocycles. The summed E-state index contributed by atoms with van der Waals surface area (Å²) >= 11 is 3.17. The average Bonchev–Trinajstić information content (AvgIpc) is 3.44. The molecule has 0 saturated carbocycles. The van der Waals surface area contributed by atoms with Crippen LogP contribution in [0.4, 0.5) is 10.1 Å². The molecule has 5 rings (SSSR count). The lowest BCUT2D eigenvalue weighted by Gasteiger charge is -2.29. The zero-order chi connectivity index (χ0) is 21.4. The molecular formula is C23H18BrFN4O2. The molecule has 0 fully saturated rings. The van der Waals surface area contributed by atoms with Gasteiger partial charge >= 0.3 is 0 Å². The first-order valence-corrected chi connectivity index (χ1v) is 10.7. The van der Waals surface area contributed by atoms with Crippen LogP contribution in [0.3, 0.4) is 0 Å². The Kier molecular flexibility index (Phi) is 5.15. The van der Waals surface area contributed by atoms with E-state index < -0.39 is 0 Å². The SMILES string of the molecule is O=C(Cn1cccc1-c1nc(-c2ccc(F)c(Br)c2)no1)N1CCCc2ccccc21. The van der Waals surface area contributed by atoms with Crippen molar-refractivity contribution in [3.63, 3.8) is 0 Å². The fourth-order valence-corrected chi connectivity index (χ4v) is 4.23. The van der Waals surface area contributed by atoms with Gasteiger partial charge in [-0.1, -0.05) is 23.4 Å². The van der Waals surface area contributed by atoms with Crippen molar-refractivity contribution >= 4 is 27.5 Å². The third-order valence-electron chi connectivity index (χ3n) is 5.37. The van der Waals surface area contributed by atoms with Crippen molar-refractivity contribution in [2.75, 3.05) is 11.4 Å². The summed E-state index contributed by atoms with van der Waals surface area (Å²) in [5.41, 5.74) is 3.46. The van der Waals surface area contributed by atoms with Crippen LogP contribution in [-0.4, -0.2) is 27.2 Å². The van der Waals surface area contributed by atoms with Crippen LogP contribution in [0.15, 0.2) is 69.8 Å². The van der Waals surface area contributed by atoms with E-state index in [9.17, 15) is 9.18 Å². The molecule has 3 heterocycles. The predicted octanol–water partition coefficient (Wildman–Crippen LogP) is 5.09. The van der Waals surface area contributed by atoms with Gasteiger partial charge in [-0.2, -0.15) is 4.98 Å². The maximum absolute atomic E-state index is 13.5. The lowest BCUT2D eigenvalue weighted by molar-refractivity contribution is -0.119. The summed E-state index contributed by atoms with van der Waals surface area (Å²) in [5, 5.41) is 4.01. The second-order valence-electron chi connectivity index (χ2n) is 7.35. The normalized spacial score (nSPS) is 13.3. The molecule has 156 valence electrons. The molecule has 0 atom stereocenters. The number of halogens is 2. The number of rotatable bonds is 4. The summed E-state index contributed by atoms with van der Waals surface area (Å²) in [6.45, 7) is 0.868. The Morgan fingerprint density at radius 3 is 2.90 bits per heavy atom. The maximum atomic E-state index is 13.5. The van der Waals surface area contributed by atoms with Crippen molar-refractivity contribution in [2.24, 2.45) is 0 Å². The molecule has 2 aromatic carbocycles. The van der Waals surface area contributed by atoms with Gasteiger partial charge in [-0.25, -0.2) is 4.39 Å². The number of hydrogen-bond acceptors (Lipinski definition) is 4. The van der Waals surface area contributed by atoms with Crippen LogP contribution >= 0.6 is 15.9 Å². The Hall–Kier alpha value is -3.26. The van der Waals surface area contributed by atoms with Crippen LogP contribution in [0.25, 0.3) is 23.0 Å². The number of benzene rings is 2. The van der Waals surface area contributed by atoms with Gasteiger partial charge in [0.05, 0.1) is 4.47 Å². The van der Waals surface area contributed by atoms with E-state index in [0.717, 1.165) is 18.5 Å². The Bertz CT molecular complexity index is 1270. The van der Waals surface area contributed by atoms with Gasteiger partial charge in [0.1, 0.15) is 18.1 Å². The van der Waals surface area contributed by atoms with E-state index in [2.05, 4.69) is 32.1 Å². The van der Waals surface area contributed by atoms with Crippen molar-refractivity contribution in [1.29, 1.82) is 0 Å². The summed E-state index contributed by atoms with van der Waals surface area (Å²) in [6.07, 6.45) is 3.75. The number of nitrogens with zero attached hydrogens (tertiary/aromatic N) is 4. The Balaban J connectivity index is 1.39. The number of carbonyl (C=O) groups excluding carboxylic acids is 1. The van der Waals surface area contributed by atoms with Gasteiger partial charge in [0.15, 0.2) is 0 Å². The number of hydrogen-bond donors (Lipinski definition) is 0. The molecule has 0 unspecified atom stereocenters. The first-order chi connectivity index (χ1) is 15.1. The van der Waals surface area contributed by atoms with Crippen LogP contribution in [-0.2, 0) is 17.8 Å². The quantitative estimate of drug-likeness (QED) is 0.408. The molecule has 0 radical (unpaired) electrons. The van der Waals surface area contributed by atoms with Crippen molar-refractivity contribution in [2.45, 2.75) is 19.4 Å². The van der Waals surface area contributed by atoms with Crippen molar-refractivity contribution in [3.8, 4) is 23.0 Å². The minimum absolute atomic E-state index is 0.00630. The molecule has 1 aliphatic heterocycles. The number of aromatic nitrogens is 3. The largest absolute Gasteiger partial charge is 0.334 e. The number of fused-ring (bicyclic) bond motifs is 1. The number of para-hydroxylation sites is 1. The summed E-state index contributed by atoms with van der Waals surface area (Å²) < 4.78 is 21.1. The third-order valence-corrected chi connectivity index (χ3v) is 5.98. The zero-order valence-corrected chi connectivity index (χ0v) is 18.0. The van der Waals surface area contributed by atoms with Gasteiger partial charge < -0.3 is 14.0 Å². The average molecular weight is 481 g/mol. The summed E-state index contributed by atoms with van der Waals surface area (Å²) in [5.74, 6) is 0.290. The lowest BCUT2D eigenvalue weighted by atomic mass is 10.0. The number of aryl methyl sites for hydroxylation is 1. The van der Waals surface area contributed by atoms with E-state index in [1.807, 2.05) is 41.4 Å².